The highest BCUT2D eigenvalue weighted by Crippen LogP contribution is 2.21. The van der Waals surface area contributed by atoms with Gasteiger partial charge in [-0.05, 0) is 32.6 Å². The molecule has 0 unspecified atom stereocenters. The minimum absolute atomic E-state index is 0.288. The third-order valence-electron chi connectivity index (χ3n) is 2.73. The SMILES string of the molecule is Cc1nc2c(n1CCF)CCCC2. The van der Waals surface area contributed by atoms with Crippen LogP contribution in [0.4, 0.5) is 4.39 Å². The van der Waals surface area contributed by atoms with Crippen molar-refractivity contribution in [3.8, 4) is 0 Å². The van der Waals surface area contributed by atoms with Gasteiger partial charge in [0.1, 0.15) is 12.5 Å². The minimum Gasteiger partial charge on any atom is -0.329 e. The Bertz CT molecular complexity index is 304. The molecule has 0 N–H and O–H groups in total. The first kappa shape index (κ1) is 8.73. The molecule has 0 bridgehead atoms. The molecule has 0 atom stereocenters. The van der Waals surface area contributed by atoms with Crippen molar-refractivity contribution in [3.63, 3.8) is 0 Å². The predicted molar refractivity (Wildman–Crippen MR) is 49.6 cm³/mol. The molecule has 0 saturated heterocycles. The summed E-state index contributed by atoms with van der Waals surface area (Å²) >= 11 is 0. The number of hydrogen-bond acceptors (Lipinski definition) is 1. The van der Waals surface area contributed by atoms with Crippen LogP contribution in [0.3, 0.4) is 0 Å². The quantitative estimate of drug-likeness (QED) is 0.684. The molecular weight excluding hydrogens is 167 g/mol. The van der Waals surface area contributed by atoms with Crippen LogP contribution in [-0.4, -0.2) is 16.2 Å². The van der Waals surface area contributed by atoms with E-state index < -0.39 is 0 Å². The van der Waals surface area contributed by atoms with Crippen LogP contribution in [0, 0.1) is 6.92 Å². The fraction of sp³-hybridized carbons (Fsp3) is 0.700. The highest BCUT2D eigenvalue weighted by molar-refractivity contribution is 5.19. The zero-order valence-electron chi connectivity index (χ0n) is 8.02. The maximum Gasteiger partial charge on any atom is 0.107 e. The van der Waals surface area contributed by atoms with Gasteiger partial charge >= 0.3 is 0 Å². The zero-order chi connectivity index (χ0) is 9.26. The van der Waals surface area contributed by atoms with Gasteiger partial charge in [0.25, 0.3) is 0 Å². The third-order valence-corrected chi connectivity index (χ3v) is 2.73. The van der Waals surface area contributed by atoms with Gasteiger partial charge in [0, 0.05) is 5.69 Å². The number of imidazole rings is 1. The van der Waals surface area contributed by atoms with E-state index in [1.807, 2.05) is 11.5 Å². The van der Waals surface area contributed by atoms with Gasteiger partial charge in [-0.15, -0.1) is 0 Å². The van der Waals surface area contributed by atoms with E-state index in [1.165, 1.54) is 24.2 Å². The van der Waals surface area contributed by atoms with Gasteiger partial charge < -0.3 is 4.57 Å². The Morgan fingerprint density at radius 3 is 2.92 bits per heavy atom. The summed E-state index contributed by atoms with van der Waals surface area (Å²) < 4.78 is 14.3. The largest absolute Gasteiger partial charge is 0.329 e. The Hall–Kier alpha value is -0.860. The fourth-order valence-corrected chi connectivity index (χ4v) is 2.12. The number of aryl methyl sites for hydroxylation is 2. The van der Waals surface area contributed by atoms with E-state index in [4.69, 9.17) is 0 Å². The molecule has 2 rings (SSSR count). The van der Waals surface area contributed by atoms with Crippen LogP contribution < -0.4 is 0 Å². The molecular formula is C10H15FN2. The Morgan fingerprint density at radius 2 is 2.15 bits per heavy atom. The molecule has 1 aliphatic rings. The predicted octanol–water partition coefficient (Wildman–Crippen LogP) is 2.04. The summed E-state index contributed by atoms with van der Waals surface area (Å²) in [6, 6.07) is 0. The fourth-order valence-electron chi connectivity index (χ4n) is 2.12. The smallest absolute Gasteiger partial charge is 0.107 e. The Balaban J connectivity index is 2.36. The van der Waals surface area contributed by atoms with Crippen molar-refractivity contribution in [2.24, 2.45) is 0 Å². The van der Waals surface area contributed by atoms with E-state index in [0.717, 1.165) is 18.7 Å². The van der Waals surface area contributed by atoms with Crippen LogP contribution in [0.15, 0.2) is 0 Å². The summed E-state index contributed by atoms with van der Waals surface area (Å²) in [5.74, 6) is 0.976. The number of aromatic nitrogens is 2. The Labute approximate surface area is 77.8 Å². The first-order chi connectivity index (χ1) is 6.33. The van der Waals surface area contributed by atoms with E-state index in [2.05, 4.69) is 4.98 Å². The molecule has 0 amide bonds. The molecule has 13 heavy (non-hydrogen) atoms. The molecule has 1 aromatic heterocycles. The van der Waals surface area contributed by atoms with E-state index in [9.17, 15) is 4.39 Å². The lowest BCUT2D eigenvalue weighted by atomic mass is 10.0. The molecule has 0 saturated carbocycles. The number of rotatable bonds is 2. The number of fused-ring (bicyclic) bond motifs is 1. The van der Waals surface area contributed by atoms with E-state index in [1.54, 1.807) is 0 Å². The van der Waals surface area contributed by atoms with E-state index in [-0.39, 0.29) is 6.67 Å². The standard InChI is InChI=1S/C10H15FN2/c1-8-12-9-4-2-3-5-10(9)13(8)7-6-11/h2-7H2,1H3. The lowest BCUT2D eigenvalue weighted by molar-refractivity contribution is 0.433. The molecule has 1 aliphatic carbocycles. The molecule has 1 aromatic rings. The van der Waals surface area contributed by atoms with Crippen molar-refractivity contribution in [2.75, 3.05) is 6.67 Å². The molecule has 1 heterocycles. The summed E-state index contributed by atoms with van der Waals surface area (Å²) in [5, 5.41) is 0. The molecule has 3 heteroatoms. The molecule has 0 aromatic carbocycles. The average Bonchev–Trinajstić information content (AvgIpc) is 2.44. The van der Waals surface area contributed by atoms with Crippen LogP contribution >= 0.6 is 0 Å². The Kier molecular flexibility index (Phi) is 2.34. The molecule has 0 fully saturated rings. The highest BCUT2D eigenvalue weighted by Gasteiger charge is 2.17. The maximum atomic E-state index is 12.3. The summed E-state index contributed by atoms with van der Waals surface area (Å²) in [5.41, 5.74) is 2.48. The highest BCUT2D eigenvalue weighted by atomic mass is 19.1. The number of halogens is 1. The van der Waals surface area contributed by atoms with Crippen molar-refractivity contribution < 1.29 is 4.39 Å². The van der Waals surface area contributed by atoms with Gasteiger partial charge in [-0.1, -0.05) is 0 Å². The molecule has 2 nitrogen and oxygen atoms in total. The molecule has 72 valence electrons. The van der Waals surface area contributed by atoms with Gasteiger partial charge in [0.2, 0.25) is 0 Å². The summed E-state index contributed by atoms with van der Waals surface area (Å²) in [6.45, 7) is 2.16. The van der Waals surface area contributed by atoms with Crippen molar-refractivity contribution >= 4 is 0 Å². The lowest BCUT2D eigenvalue weighted by Crippen LogP contribution is -2.10. The maximum absolute atomic E-state index is 12.3. The molecule has 0 spiro atoms. The summed E-state index contributed by atoms with van der Waals surface area (Å²) in [4.78, 5) is 4.47. The van der Waals surface area contributed by atoms with Crippen molar-refractivity contribution in [1.82, 2.24) is 9.55 Å². The van der Waals surface area contributed by atoms with E-state index in [0.29, 0.717) is 6.54 Å². The van der Waals surface area contributed by atoms with E-state index >= 15 is 0 Å². The van der Waals surface area contributed by atoms with Crippen LogP contribution in [-0.2, 0) is 19.4 Å². The first-order valence-electron chi connectivity index (χ1n) is 4.94. The van der Waals surface area contributed by atoms with Crippen molar-refractivity contribution in [2.45, 2.75) is 39.2 Å². The second-order valence-electron chi connectivity index (χ2n) is 3.60. The second kappa shape index (κ2) is 3.48. The second-order valence-corrected chi connectivity index (χ2v) is 3.60. The molecule has 0 aliphatic heterocycles. The topological polar surface area (TPSA) is 17.8 Å². The first-order valence-corrected chi connectivity index (χ1v) is 4.94. The van der Waals surface area contributed by atoms with Gasteiger partial charge in [-0.3, -0.25) is 0 Å². The van der Waals surface area contributed by atoms with Crippen LogP contribution in [0.2, 0.25) is 0 Å². The van der Waals surface area contributed by atoms with Gasteiger partial charge in [0.05, 0.1) is 12.2 Å². The van der Waals surface area contributed by atoms with Crippen LogP contribution in [0.5, 0.6) is 0 Å². The van der Waals surface area contributed by atoms with Crippen molar-refractivity contribution in [3.05, 3.63) is 17.2 Å². The average molecular weight is 182 g/mol. The third kappa shape index (κ3) is 1.47. The monoisotopic (exact) mass is 182 g/mol. The number of hydrogen-bond donors (Lipinski definition) is 0. The lowest BCUT2D eigenvalue weighted by Gasteiger charge is -2.13. The normalized spacial score (nSPS) is 15.8. The number of alkyl halides is 1. The van der Waals surface area contributed by atoms with Crippen LogP contribution in [0.1, 0.15) is 30.1 Å². The number of nitrogens with zero attached hydrogens (tertiary/aromatic N) is 2. The van der Waals surface area contributed by atoms with Gasteiger partial charge in [-0.25, -0.2) is 9.37 Å². The van der Waals surface area contributed by atoms with Crippen LogP contribution in [0.25, 0.3) is 0 Å². The minimum atomic E-state index is -0.288. The summed E-state index contributed by atoms with van der Waals surface area (Å²) in [7, 11) is 0. The van der Waals surface area contributed by atoms with Crippen molar-refractivity contribution in [1.29, 1.82) is 0 Å². The summed E-state index contributed by atoms with van der Waals surface area (Å²) in [6.07, 6.45) is 4.62. The molecule has 0 radical (unpaired) electrons. The Morgan fingerprint density at radius 1 is 1.38 bits per heavy atom. The van der Waals surface area contributed by atoms with Gasteiger partial charge in [-0.2, -0.15) is 0 Å². The van der Waals surface area contributed by atoms with Gasteiger partial charge in [0.15, 0.2) is 0 Å². The zero-order valence-corrected chi connectivity index (χ0v) is 8.02.